The van der Waals surface area contributed by atoms with Crippen molar-refractivity contribution in [1.82, 2.24) is 0 Å². The predicted molar refractivity (Wildman–Crippen MR) is 55.3 cm³/mol. The molecule has 0 aromatic carbocycles. The molecular formula is C9H18O4P+. The third-order valence-electron chi connectivity index (χ3n) is 1.91. The van der Waals surface area contributed by atoms with Crippen LogP contribution in [0.3, 0.4) is 0 Å². The second-order valence-electron chi connectivity index (χ2n) is 3.65. The van der Waals surface area contributed by atoms with Crippen LogP contribution >= 0.6 is 8.46 Å². The zero-order valence-corrected chi connectivity index (χ0v) is 9.87. The van der Waals surface area contributed by atoms with Crippen molar-refractivity contribution >= 4 is 14.4 Å². The number of carboxylic acids is 1. The molecule has 0 aliphatic heterocycles. The predicted octanol–water partition coefficient (Wildman–Crippen LogP) is 1.92. The van der Waals surface area contributed by atoms with Crippen LogP contribution in [-0.2, 0) is 14.1 Å². The van der Waals surface area contributed by atoms with Gasteiger partial charge in [0.05, 0.1) is 0 Å². The summed E-state index contributed by atoms with van der Waals surface area (Å²) in [6.07, 6.45) is 0.458. The van der Waals surface area contributed by atoms with Gasteiger partial charge in [0.1, 0.15) is 0 Å². The SMILES string of the molecule is CCOC(C[PH+]=O)(CC(C)C)C(=O)O. The van der Waals surface area contributed by atoms with Crippen LogP contribution in [0.5, 0.6) is 0 Å². The highest BCUT2D eigenvalue weighted by molar-refractivity contribution is 7.23. The summed E-state index contributed by atoms with van der Waals surface area (Å²) < 4.78 is 15.8. The topological polar surface area (TPSA) is 63.6 Å². The molecule has 2 unspecified atom stereocenters. The number of ether oxygens (including phenoxy) is 1. The van der Waals surface area contributed by atoms with Gasteiger partial charge in [0.15, 0.2) is 6.16 Å². The number of carboxylic acid groups (broad SMARTS) is 1. The fraction of sp³-hybridized carbons (Fsp3) is 0.889. The quantitative estimate of drug-likeness (QED) is 0.667. The third kappa shape index (κ3) is 3.72. The van der Waals surface area contributed by atoms with Gasteiger partial charge in [-0.15, -0.1) is 0 Å². The number of rotatable bonds is 7. The molecule has 0 aromatic rings. The van der Waals surface area contributed by atoms with Crippen LogP contribution in [0.15, 0.2) is 0 Å². The molecular weight excluding hydrogens is 203 g/mol. The fourth-order valence-electron chi connectivity index (χ4n) is 1.46. The van der Waals surface area contributed by atoms with E-state index in [4.69, 9.17) is 9.84 Å². The first-order valence-electron chi connectivity index (χ1n) is 4.71. The Morgan fingerprint density at radius 2 is 2.14 bits per heavy atom. The van der Waals surface area contributed by atoms with Gasteiger partial charge in [0.25, 0.3) is 0 Å². The summed E-state index contributed by atoms with van der Waals surface area (Å²) in [4.78, 5) is 11.1. The van der Waals surface area contributed by atoms with E-state index in [2.05, 4.69) is 0 Å². The van der Waals surface area contributed by atoms with Gasteiger partial charge in [-0.2, -0.15) is 0 Å². The highest BCUT2D eigenvalue weighted by Crippen LogP contribution is 2.25. The molecule has 1 N–H and O–H groups in total. The summed E-state index contributed by atoms with van der Waals surface area (Å²) in [5.41, 5.74) is -1.26. The molecule has 5 heteroatoms. The van der Waals surface area contributed by atoms with Crippen molar-refractivity contribution < 1.29 is 19.2 Å². The summed E-state index contributed by atoms with van der Waals surface area (Å²) in [7, 11) is -0.645. The van der Waals surface area contributed by atoms with Crippen molar-refractivity contribution in [2.24, 2.45) is 5.92 Å². The Hall–Kier alpha value is -0.470. The highest BCUT2D eigenvalue weighted by Gasteiger charge is 2.43. The molecule has 14 heavy (non-hydrogen) atoms. The molecule has 0 aliphatic rings. The molecule has 4 nitrogen and oxygen atoms in total. The van der Waals surface area contributed by atoms with Gasteiger partial charge in [-0.05, 0) is 19.3 Å². The largest absolute Gasteiger partial charge is 0.479 e. The Morgan fingerprint density at radius 1 is 1.57 bits per heavy atom. The molecule has 0 aliphatic carbocycles. The fourth-order valence-corrected chi connectivity index (χ4v) is 2.09. The first-order chi connectivity index (χ1) is 6.48. The van der Waals surface area contributed by atoms with Crippen LogP contribution in [0.1, 0.15) is 27.2 Å². The number of hydrogen-bond donors (Lipinski definition) is 1. The average Bonchev–Trinajstić information content (AvgIpc) is 2.03. The summed E-state index contributed by atoms with van der Waals surface area (Å²) in [6, 6.07) is 0. The van der Waals surface area contributed by atoms with Gasteiger partial charge in [-0.1, -0.05) is 18.4 Å². The molecule has 0 radical (unpaired) electrons. The van der Waals surface area contributed by atoms with E-state index in [1.165, 1.54) is 0 Å². The van der Waals surface area contributed by atoms with E-state index in [9.17, 15) is 9.36 Å². The number of carbonyl (C=O) groups is 1. The Labute approximate surface area is 85.8 Å². The Morgan fingerprint density at radius 3 is 2.43 bits per heavy atom. The maximum Gasteiger partial charge on any atom is 0.340 e. The molecule has 82 valence electrons. The molecule has 0 rings (SSSR count). The van der Waals surface area contributed by atoms with Gasteiger partial charge >= 0.3 is 14.4 Å². The molecule has 0 heterocycles. The maximum absolute atomic E-state index is 11.1. The van der Waals surface area contributed by atoms with E-state index in [-0.39, 0.29) is 12.1 Å². The Bertz CT molecular complexity index is 205. The number of hydrogen-bond acceptors (Lipinski definition) is 3. The molecule has 2 atom stereocenters. The molecule has 0 aromatic heterocycles. The van der Waals surface area contributed by atoms with E-state index in [0.717, 1.165) is 0 Å². The molecule has 0 bridgehead atoms. The second-order valence-corrected chi connectivity index (χ2v) is 4.29. The monoisotopic (exact) mass is 221 g/mol. The van der Waals surface area contributed by atoms with Crippen molar-refractivity contribution in [3.63, 3.8) is 0 Å². The number of aliphatic carboxylic acids is 1. The highest BCUT2D eigenvalue weighted by atomic mass is 31.1. The summed E-state index contributed by atoms with van der Waals surface area (Å²) >= 11 is 0. The van der Waals surface area contributed by atoms with Crippen molar-refractivity contribution in [3.8, 4) is 0 Å². The first-order valence-corrected chi connectivity index (χ1v) is 5.82. The molecule has 0 fully saturated rings. The molecule has 0 saturated carbocycles. The van der Waals surface area contributed by atoms with Crippen molar-refractivity contribution in [3.05, 3.63) is 0 Å². The average molecular weight is 221 g/mol. The van der Waals surface area contributed by atoms with Gasteiger partial charge in [-0.3, -0.25) is 0 Å². The van der Waals surface area contributed by atoms with Crippen LogP contribution in [0.4, 0.5) is 0 Å². The van der Waals surface area contributed by atoms with Crippen LogP contribution < -0.4 is 0 Å². The Balaban J connectivity index is 4.72. The van der Waals surface area contributed by atoms with Crippen LogP contribution in [0.25, 0.3) is 0 Å². The van der Waals surface area contributed by atoms with Crippen LogP contribution in [-0.4, -0.2) is 29.4 Å². The lowest BCUT2D eigenvalue weighted by molar-refractivity contribution is -0.164. The van der Waals surface area contributed by atoms with Crippen LogP contribution in [0, 0.1) is 5.92 Å². The van der Waals surface area contributed by atoms with E-state index in [0.29, 0.717) is 13.0 Å². The second kappa shape index (κ2) is 6.10. The van der Waals surface area contributed by atoms with E-state index >= 15 is 0 Å². The standard InChI is InChI=1S/C9H17O4P/c1-4-13-9(6-14-12,8(10)11)5-7(2)3/h7H,4-6H2,1-3H3,(H,10,11)/p+1. The van der Waals surface area contributed by atoms with Crippen molar-refractivity contribution in [2.75, 3.05) is 12.8 Å². The normalized spacial score (nSPS) is 15.7. The lowest BCUT2D eigenvalue weighted by atomic mass is 9.94. The third-order valence-corrected chi connectivity index (χ3v) is 2.62. The van der Waals surface area contributed by atoms with Gasteiger partial charge in [0, 0.05) is 6.61 Å². The smallest absolute Gasteiger partial charge is 0.340 e. The zero-order chi connectivity index (χ0) is 11.2. The summed E-state index contributed by atoms with van der Waals surface area (Å²) in [5, 5.41) is 9.08. The maximum atomic E-state index is 11.1. The molecule has 0 spiro atoms. The lowest BCUT2D eigenvalue weighted by Gasteiger charge is -2.26. The van der Waals surface area contributed by atoms with Crippen LogP contribution in [0.2, 0.25) is 0 Å². The van der Waals surface area contributed by atoms with Gasteiger partial charge in [0.2, 0.25) is 5.60 Å². The van der Waals surface area contributed by atoms with E-state index < -0.39 is 20.0 Å². The zero-order valence-electron chi connectivity index (χ0n) is 8.87. The minimum Gasteiger partial charge on any atom is -0.479 e. The van der Waals surface area contributed by atoms with Gasteiger partial charge < -0.3 is 9.84 Å². The summed E-state index contributed by atoms with van der Waals surface area (Å²) in [5.74, 6) is -0.814. The minimum atomic E-state index is -1.26. The Kier molecular flexibility index (Phi) is 5.89. The minimum absolute atomic E-state index is 0.0638. The van der Waals surface area contributed by atoms with Crippen molar-refractivity contribution in [2.45, 2.75) is 32.8 Å². The summed E-state index contributed by atoms with van der Waals surface area (Å²) in [6.45, 7) is 5.91. The van der Waals surface area contributed by atoms with Gasteiger partial charge in [-0.25, -0.2) is 4.79 Å². The molecule has 0 saturated heterocycles. The van der Waals surface area contributed by atoms with E-state index in [1.54, 1.807) is 6.92 Å². The van der Waals surface area contributed by atoms with Crippen molar-refractivity contribution in [1.29, 1.82) is 0 Å². The molecule has 0 amide bonds. The first kappa shape index (κ1) is 13.5. The van der Waals surface area contributed by atoms with E-state index in [1.807, 2.05) is 13.8 Å². The lowest BCUT2D eigenvalue weighted by Crippen LogP contribution is -2.44.